The van der Waals surface area contributed by atoms with Gasteiger partial charge in [-0.15, -0.1) is 0 Å². The maximum absolute atomic E-state index is 13.0. The number of aliphatic hydroxyl groups excluding tert-OH is 1. The van der Waals surface area contributed by atoms with E-state index in [9.17, 15) is 14.7 Å². The van der Waals surface area contributed by atoms with Gasteiger partial charge in [0.25, 0.3) is 11.7 Å². The number of furan rings is 1. The number of Topliss-reactive ketones (excluding diaryl/α,β-unsaturated/α-hetero) is 1. The van der Waals surface area contributed by atoms with Crippen LogP contribution in [-0.2, 0) is 14.3 Å². The fourth-order valence-corrected chi connectivity index (χ4v) is 4.06. The van der Waals surface area contributed by atoms with Gasteiger partial charge in [-0.05, 0) is 37.6 Å². The highest BCUT2D eigenvalue weighted by molar-refractivity contribution is 6.46. The first-order chi connectivity index (χ1) is 14.5. The lowest BCUT2D eigenvalue weighted by Crippen LogP contribution is -2.42. The third-order valence-corrected chi connectivity index (χ3v) is 5.76. The van der Waals surface area contributed by atoms with Crippen molar-refractivity contribution in [2.75, 3.05) is 39.4 Å². The van der Waals surface area contributed by atoms with Crippen LogP contribution in [-0.4, -0.2) is 66.0 Å². The van der Waals surface area contributed by atoms with E-state index in [1.165, 1.54) is 11.2 Å². The smallest absolute Gasteiger partial charge is 0.295 e. The first kappa shape index (κ1) is 20.4. The van der Waals surface area contributed by atoms with Crippen LogP contribution in [0.1, 0.15) is 28.5 Å². The number of hydrogen-bond donors (Lipinski definition) is 1. The van der Waals surface area contributed by atoms with Crippen molar-refractivity contribution in [2.24, 2.45) is 0 Å². The molecule has 30 heavy (non-hydrogen) atoms. The van der Waals surface area contributed by atoms with Crippen LogP contribution in [0.2, 0.25) is 0 Å². The number of benzene rings is 1. The second kappa shape index (κ2) is 8.45. The monoisotopic (exact) mass is 410 g/mol. The first-order valence-electron chi connectivity index (χ1n) is 10.2. The molecule has 0 aliphatic carbocycles. The average Bonchev–Trinajstić information content (AvgIpc) is 3.36. The van der Waals surface area contributed by atoms with Crippen molar-refractivity contribution in [3.8, 4) is 0 Å². The number of likely N-dealkylation sites (tertiary alicyclic amines) is 1. The molecule has 158 valence electrons. The highest BCUT2D eigenvalue weighted by Crippen LogP contribution is 2.40. The molecule has 0 bridgehead atoms. The van der Waals surface area contributed by atoms with Crippen LogP contribution >= 0.6 is 0 Å². The second-order valence-corrected chi connectivity index (χ2v) is 7.78. The molecule has 1 amide bonds. The van der Waals surface area contributed by atoms with Gasteiger partial charge in [-0.2, -0.15) is 0 Å². The number of aliphatic hydroxyl groups is 1. The minimum atomic E-state index is -0.749. The molecule has 1 aromatic heterocycles. The van der Waals surface area contributed by atoms with Crippen molar-refractivity contribution in [2.45, 2.75) is 19.9 Å². The molecule has 0 radical (unpaired) electrons. The van der Waals surface area contributed by atoms with E-state index in [0.717, 1.165) is 24.2 Å². The summed E-state index contributed by atoms with van der Waals surface area (Å²) in [5.74, 6) is -0.999. The van der Waals surface area contributed by atoms with Gasteiger partial charge in [0.05, 0.1) is 25.1 Å². The Morgan fingerprint density at radius 3 is 2.60 bits per heavy atom. The zero-order chi connectivity index (χ0) is 21.3. The molecule has 1 N–H and O–H groups in total. The summed E-state index contributed by atoms with van der Waals surface area (Å²) in [6.07, 6.45) is 1.51. The summed E-state index contributed by atoms with van der Waals surface area (Å²) in [4.78, 5) is 29.6. The van der Waals surface area contributed by atoms with E-state index in [1.807, 2.05) is 32.0 Å². The van der Waals surface area contributed by atoms with Crippen LogP contribution in [0.25, 0.3) is 5.76 Å². The normalized spacial score (nSPS) is 22.1. The number of morpholine rings is 1. The van der Waals surface area contributed by atoms with Gasteiger partial charge in [-0.25, -0.2) is 0 Å². The van der Waals surface area contributed by atoms with Crippen LogP contribution < -0.4 is 0 Å². The van der Waals surface area contributed by atoms with Gasteiger partial charge >= 0.3 is 0 Å². The SMILES string of the molecule is Cc1ccc(C)c(/C(O)=C2\C(=O)C(=O)N(CCN3CCOCC3)C2c2ccco2)c1. The Hall–Kier alpha value is -2.90. The molecule has 2 fully saturated rings. The van der Waals surface area contributed by atoms with E-state index in [-0.39, 0.29) is 11.3 Å². The summed E-state index contributed by atoms with van der Waals surface area (Å²) < 4.78 is 11.0. The molecule has 7 nitrogen and oxygen atoms in total. The molecule has 0 spiro atoms. The van der Waals surface area contributed by atoms with Gasteiger partial charge in [0, 0.05) is 31.7 Å². The van der Waals surface area contributed by atoms with E-state index in [1.54, 1.807) is 12.1 Å². The number of ether oxygens (including phenoxy) is 1. The van der Waals surface area contributed by atoms with Crippen LogP contribution in [0.4, 0.5) is 0 Å². The maximum atomic E-state index is 13.0. The Bertz CT molecular complexity index is 973. The number of amides is 1. The summed E-state index contributed by atoms with van der Waals surface area (Å²) in [6.45, 7) is 7.67. The lowest BCUT2D eigenvalue weighted by Gasteiger charge is -2.30. The van der Waals surface area contributed by atoms with Gasteiger partial charge in [0.2, 0.25) is 0 Å². The van der Waals surface area contributed by atoms with Crippen molar-refractivity contribution in [3.05, 3.63) is 64.6 Å². The molecule has 2 aliphatic rings. The highest BCUT2D eigenvalue weighted by atomic mass is 16.5. The fraction of sp³-hybridized carbons (Fsp3) is 0.391. The average molecular weight is 410 g/mol. The molecular formula is C23H26N2O5. The Balaban J connectivity index is 1.73. The van der Waals surface area contributed by atoms with Crippen LogP contribution in [0.15, 0.2) is 46.6 Å². The van der Waals surface area contributed by atoms with Gasteiger partial charge in [-0.1, -0.05) is 17.7 Å². The fourth-order valence-electron chi connectivity index (χ4n) is 4.06. The van der Waals surface area contributed by atoms with Crippen LogP contribution in [0.3, 0.4) is 0 Å². The standard InChI is InChI=1S/C23H26N2O5/c1-15-5-6-16(2)17(14-15)21(26)19-20(18-4-3-11-30-18)25(23(28)22(19)27)8-7-24-9-12-29-13-10-24/h3-6,11,14,20,26H,7-10,12-13H2,1-2H3/b21-19+. The quantitative estimate of drug-likeness (QED) is 0.464. The molecule has 2 saturated heterocycles. The van der Waals surface area contributed by atoms with Crippen molar-refractivity contribution in [1.82, 2.24) is 9.80 Å². The molecule has 1 atom stereocenters. The predicted molar refractivity (Wildman–Crippen MR) is 111 cm³/mol. The number of rotatable bonds is 5. The summed E-state index contributed by atoms with van der Waals surface area (Å²) in [7, 11) is 0. The first-order valence-corrected chi connectivity index (χ1v) is 10.2. The van der Waals surface area contributed by atoms with Gasteiger partial charge < -0.3 is 19.2 Å². The molecule has 1 unspecified atom stereocenters. The van der Waals surface area contributed by atoms with E-state index in [4.69, 9.17) is 9.15 Å². The lowest BCUT2D eigenvalue weighted by atomic mass is 9.96. The molecule has 4 rings (SSSR count). The summed E-state index contributed by atoms with van der Waals surface area (Å²) in [6, 6.07) is 8.35. The highest BCUT2D eigenvalue weighted by Gasteiger charge is 2.47. The Kier molecular flexibility index (Phi) is 5.74. The van der Waals surface area contributed by atoms with Crippen LogP contribution in [0.5, 0.6) is 0 Å². The van der Waals surface area contributed by atoms with Crippen molar-refractivity contribution in [3.63, 3.8) is 0 Å². The Morgan fingerprint density at radius 1 is 1.13 bits per heavy atom. The van der Waals surface area contributed by atoms with Crippen molar-refractivity contribution >= 4 is 17.4 Å². The second-order valence-electron chi connectivity index (χ2n) is 7.78. The number of carbonyl (C=O) groups excluding carboxylic acids is 2. The largest absolute Gasteiger partial charge is 0.507 e. The molecular weight excluding hydrogens is 384 g/mol. The Morgan fingerprint density at radius 2 is 1.90 bits per heavy atom. The summed E-state index contributed by atoms with van der Waals surface area (Å²) in [5, 5.41) is 11.1. The van der Waals surface area contributed by atoms with Gasteiger partial charge in [0.1, 0.15) is 17.6 Å². The van der Waals surface area contributed by atoms with Crippen molar-refractivity contribution < 1.29 is 23.8 Å². The molecule has 7 heteroatoms. The van der Waals surface area contributed by atoms with Crippen LogP contribution in [0, 0.1) is 13.8 Å². The molecule has 2 aromatic rings. The number of ketones is 1. The predicted octanol–water partition coefficient (Wildman–Crippen LogP) is 2.65. The zero-order valence-electron chi connectivity index (χ0n) is 17.3. The minimum Gasteiger partial charge on any atom is -0.507 e. The third-order valence-electron chi connectivity index (χ3n) is 5.76. The zero-order valence-corrected chi connectivity index (χ0v) is 17.3. The van der Waals surface area contributed by atoms with E-state index < -0.39 is 17.7 Å². The Labute approximate surface area is 175 Å². The minimum absolute atomic E-state index is 0.0747. The van der Waals surface area contributed by atoms with Gasteiger partial charge in [0.15, 0.2) is 0 Å². The molecule has 1 aromatic carbocycles. The van der Waals surface area contributed by atoms with E-state index in [0.29, 0.717) is 37.6 Å². The number of aryl methyl sites for hydroxylation is 2. The molecule has 2 aliphatic heterocycles. The van der Waals surface area contributed by atoms with E-state index >= 15 is 0 Å². The molecule has 0 saturated carbocycles. The number of carbonyl (C=O) groups is 2. The topological polar surface area (TPSA) is 83.2 Å². The summed E-state index contributed by atoms with van der Waals surface area (Å²) in [5.41, 5.74) is 2.41. The number of nitrogens with zero attached hydrogens (tertiary/aromatic N) is 2. The lowest BCUT2D eigenvalue weighted by molar-refractivity contribution is -0.140. The third kappa shape index (κ3) is 3.78. The molecule has 3 heterocycles. The number of hydrogen-bond acceptors (Lipinski definition) is 6. The van der Waals surface area contributed by atoms with Crippen molar-refractivity contribution in [1.29, 1.82) is 0 Å². The summed E-state index contributed by atoms with van der Waals surface area (Å²) >= 11 is 0. The maximum Gasteiger partial charge on any atom is 0.295 e. The van der Waals surface area contributed by atoms with Gasteiger partial charge in [-0.3, -0.25) is 14.5 Å². The van der Waals surface area contributed by atoms with E-state index in [2.05, 4.69) is 4.90 Å².